The van der Waals surface area contributed by atoms with E-state index in [4.69, 9.17) is 4.84 Å². The van der Waals surface area contributed by atoms with Crippen molar-refractivity contribution < 1.29 is 13.6 Å². The van der Waals surface area contributed by atoms with E-state index < -0.39 is 11.6 Å². The maximum atomic E-state index is 12.9. The van der Waals surface area contributed by atoms with Crippen molar-refractivity contribution >= 4 is 6.21 Å². The van der Waals surface area contributed by atoms with Gasteiger partial charge in [-0.1, -0.05) is 35.0 Å². The van der Waals surface area contributed by atoms with Gasteiger partial charge < -0.3 is 4.84 Å². The summed E-state index contributed by atoms with van der Waals surface area (Å²) in [6.45, 7) is 2.00. The molecule has 2 aromatic rings. The molecule has 0 N–H and O–H groups in total. The zero-order valence-corrected chi connectivity index (χ0v) is 10.4. The summed E-state index contributed by atoms with van der Waals surface area (Å²) >= 11 is 0. The summed E-state index contributed by atoms with van der Waals surface area (Å²) in [6, 6.07) is 11.0. The Balaban J connectivity index is 1.93. The van der Waals surface area contributed by atoms with Gasteiger partial charge in [-0.2, -0.15) is 0 Å². The third-order valence-corrected chi connectivity index (χ3v) is 2.47. The average Bonchev–Trinajstić information content (AvgIpc) is 2.34. The largest absolute Gasteiger partial charge is 0.391 e. The topological polar surface area (TPSA) is 21.6 Å². The van der Waals surface area contributed by atoms with Crippen LogP contribution in [0.5, 0.6) is 0 Å². The van der Waals surface area contributed by atoms with E-state index >= 15 is 0 Å². The second-order valence-electron chi connectivity index (χ2n) is 4.20. The van der Waals surface area contributed by atoms with Gasteiger partial charge in [0.15, 0.2) is 0 Å². The maximum absolute atomic E-state index is 12.9. The molecule has 0 fully saturated rings. The van der Waals surface area contributed by atoms with Crippen molar-refractivity contribution in [1.29, 1.82) is 0 Å². The third kappa shape index (κ3) is 4.17. The van der Waals surface area contributed by atoms with Crippen LogP contribution >= 0.6 is 0 Å². The van der Waals surface area contributed by atoms with Crippen LogP contribution in [0.3, 0.4) is 0 Å². The molecule has 2 nitrogen and oxygen atoms in total. The Morgan fingerprint density at radius 1 is 1.11 bits per heavy atom. The van der Waals surface area contributed by atoms with Crippen molar-refractivity contribution in [2.75, 3.05) is 0 Å². The van der Waals surface area contributed by atoms with E-state index in [-0.39, 0.29) is 6.61 Å². The number of hydrogen-bond donors (Lipinski definition) is 0. The molecule has 19 heavy (non-hydrogen) atoms. The number of nitrogens with zero attached hydrogens (tertiary/aromatic N) is 1. The van der Waals surface area contributed by atoms with Crippen molar-refractivity contribution in [2.45, 2.75) is 13.5 Å². The average molecular weight is 261 g/mol. The van der Waals surface area contributed by atoms with Gasteiger partial charge in [0, 0.05) is 6.07 Å². The molecule has 2 rings (SSSR count). The van der Waals surface area contributed by atoms with Crippen molar-refractivity contribution in [1.82, 2.24) is 0 Å². The number of aryl methyl sites for hydroxylation is 1. The predicted octanol–water partition coefficient (Wildman–Crippen LogP) is 3.82. The molecule has 0 saturated heterocycles. The quantitative estimate of drug-likeness (QED) is 0.605. The molecule has 0 saturated carbocycles. The lowest BCUT2D eigenvalue weighted by Crippen LogP contribution is -1.91. The van der Waals surface area contributed by atoms with Crippen LogP contribution in [0.15, 0.2) is 47.6 Å². The first-order chi connectivity index (χ1) is 9.13. The fraction of sp³-hybridized carbons (Fsp3) is 0.133. The normalized spacial score (nSPS) is 10.9. The highest BCUT2D eigenvalue weighted by molar-refractivity contribution is 5.79. The van der Waals surface area contributed by atoms with Crippen LogP contribution in [0.25, 0.3) is 0 Å². The smallest absolute Gasteiger partial charge is 0.142 e. The summed E-state index contributed by atoms with van der Waals surface area (Å²) in [6.07, 6.45) is 1.56. The van der Waals surface area contributed by atoms with Crippen LogP contribution in [0.1, 0.15) is 16.7 Å². The molecule has 4 heteroatoms. The molecule has 0 unspecified atom stereocenters. The van der Waals surface area contributed by atoms with Gasteiger partial charge in [-0.3, -0.25) is 0 Å². The lowest BCUT2D eigenvalue weighted by atomic mass is 10.2. The molecule has 0 aliphatic rings. The molecule has 0 aliphatic heterocycles. The first kappa shape index (κ1) is 13.2. The zero-order chi connectivity index (χ0) is 13.7. The van der Waals surface area contributed by atoms with Gasteiger partial charge in [-0.15, -0.1) is 0 Å². The van der Waals surface area contributed by atoms with Crippen molar-refractivity contribution in [3.05, 3.63) is 70.8 Å². The van der Waals surface area contributed by atoms with E-state index in [1.54, 1.807) is 6.21 Å². The summed E-state index contributed by atoms with van der Waals surface area (Å²) < 4.78 is 25.8. The molecule has 0 heterocycles. The van der Waals surface area contributed by atoms with Crippen LogP contribution in [0, 0.1) is 18.6 Å². The minimum Gasteiger partial charge on any atom is -0.391 e. The Morgan fingerprint density at radius 2 is 1.84 bits per heavy atom. The van der Waals surface area contributed by atoms with Gasteiger partial charge in [0.2, 0.25) is 0 Å². The number of rotatable bonds is 4. The Bertz CT molecular complexity index is 576. The molecule has 0 aliphatic carbocycles. The van der Waals surface area contributed by atoms with Gasteiger partial charge in [-0.25, -0.2) is 8.78 Å². The Hall–Kier alpha value is -2.23. The summed E-state index contributed by atoms with van der Waals surface area (Å²) in [5, 5.41) is 3.77. The summed E-state index contributed by atoms with van der Waals surface area (Å²) in [5.41, 5.74) is 2.43. The summed E-state index contributed by atoms with van der Waals surface area (Å²) in [4.78, 5) is 5.01. The molecule has 0 atom stereocenters. The van der Waals surface area contributed by atoms with Crippen LogP contribution in [0.4, 0.5) is 8.78 Å². The van der Waals surface area contributed by atoms with Crippen LogP contribution in [0.2, 0.25) is 0 Å². The van der Waals surface area contributed by atoms with Gasteiger partial charge in [-0.05, 0) is 30.2 Å². The molecule has 0 spiro atoms. The highest BCUT2D eigenvalue weighted by atomic mass is 19.1. The standard InChI is InChI=1S/C15H13F2NO/c1-11-3-2-4-12(5-11)9-18-19-10-13-6-14(16)8-15(17)7-13/h2-9H,10H2,1H3. The van der Waals surface area contributed by atoms with Crippen LogP contribution in [-0.4, -0.2) is 6.21 Å². The summed E-state index contributed by atoms with van der Waals surface area (Å²) in [7, 11) is 0. The zero-order valence-electron chi connectivity index (χ0n) is 10.4. The van der Waals surface area contributed by atoms with Crippen molar-refractivity contribution in [2.24, 2.45) is 5.16 Å². The molecule has 98 valence electrons. The second kappa shape index (κ2) is 6.09. The van der Waals surface area contributed by atoms with E-state index in [2.05, 4.69) is 5.16 Å². The highest BCUT2D eigenvalue weighted by Gasteiger charge is 2.00. The molecule has 0 aromatic heterocycles. The number of oxime groups is 1. The highest BCUT2D eigenvalue weighted by Crippen LogP contribution is 2.09. The van der Waals surface area contributed by atoms with Crippen molar-refractivity contribution in [3.63, 3.8) is 0 Å². The lowest BCUT2D eigenvalue weighted by Gasteiger charge is -2.01. The SMILES string of the molecule is Cc1cccc(C=NOCc2cc(F)cc(F)c2)c1. The lowest BCUT2D eigenvalue weighted by molar-refractivity contribution is 0.131. The first-order valence-corrected chi connectivity index (χ1v) is 5.80. The molecular weight excluding hydrogens is 248 g/mol. The Kier molecular flexibility index (Phi) is 4.23. The molecule has 2 aromatic carbocycles. The fourth-order valence-electron chi connectivity index (χ4n) is 1.65. The molecule has 0 radical (unpaired) electrons. The molecular formula is C15H13F2NO. The van der Waals surface area contributed by atoms with Crippen LogP contribution < -0.4 is 0 Å². The molecule has 0 bridgehead atoms. The monoisotopic (exact) mass is 261 g/mol. The minimum absolute atomic E-state index is 0.0248. The van der Waals surface area contributed by atoms with E-state index in [0.29, 0.717) is 5.56 Å². The Labute approximate surface area is 110 Å². The van der Waals surface area contributed by atoms with Gasteiger partial charge in [0.25, 0.3) is 0 Å². The van der Waals surface area contributed by atoms with Gasteiger partial charge in [0.05, 0.1) is 6.21 Å². The number of benzene rings is 2. The van der Waals surface area contributed by atoms with Gasteiger partial charge >= 0.3 is 0 Å². The third-order valence-electron chi connectivity index (χ3n) is 2.47. The van der Waals surface area contributed by atoms with E-state index in [1.807, 2.05) is 31.2 Å². The number of halogens is 2. The first-order valence-electron chi connectivity index (χ1n) is 5.80. The minimum atomic E-state index is -0.624. The second-order valence-corrected chi connectivity index (χ2v) is 4.20. The number of hydrogen-bond acceptors (Lipinski definition) is 2. The van der Waals surface area contributed by atoms with Gasteiger partial charge in [0.1, 0.15) is 18.2 Å². The Morgan fingerprint density at radius 3 is 2.53 bits per heavy atom. The summed E-state index contributed by atoms with van der Waals surface area (Å²) in [5.74, 6) is -1.25. The molecule has 0 amide bonds. The van der Waals surface area contributed by atoms with E-state index in [0.717, 1.165) is 17.2 Å². The van der Waals surface area contributed by atoms with E-state index in [1.165, 1.54) is 12.1 Å². The van der Waals surface area contributed by atoms with E-state index in [9.17, 15) is 8.78 Å². The van der Waals surface area contributed by atoms with Crippen molar-refractivity contribution in [3.8, 4) is 0 Å². The fourth-order valence-corrected chi connectivity index (χ4v) is 1.65. The predicted molar refractivity (Wildman–Crippen MR) is 69.9 cm³/mol. The van der Waals surface area contributed by atoms with Crippen LogP contribution in [-0.2, 0) is 11.4 Å². The maximum Gasteiger partial charge on any atom is 0.142 e.